The molecule has 29 heavy (non-hydrogen) atoms. The molecule has 2 fully saturated rings. The standard InChI is InChI=1S/C21H24N2O4S2/c1-13-12-22-21(28-13)23-20(25)19(11-14-2-5-16(24)10-14)15-3-6-17(7-4-15)29(26,27)18-8-9-18/h3-4,6-7,12,14,18-19H,2,5,8-11H2,1H3,(H,22,23,25)/t14?,19-/m1/s1. The van der Waals surface area contributed by atoms with E-state index in [-0.39, 0.29) is 22.9 Å². The first kappa shape index (κ1) is 20.2. The summed E-state index contributed by atoms with van der Waals surface area (Å²) < 4.78 is 24.9. The number of anilines is 1. The molecule has 0 aliphatic heterocycles. The van der Waals surface area contributed by atoms with Crippen LogP contribution in [0.5, 0.6) is 0 Å². The molecule has 1 aromatic carbocycles. The maximum Gasteiger partial charge on any atom is 0.233 e. The number of aryl methyl sites for hydroxylation is 1. The minimum absolute atomic E-state index is 0.170. The van der Waals surface area contributed by atoms with Gasteiger partial charge in [0.15, 0.2) is 15.0 Å². The zero-order valence-corrected chi connectivity index (χ0v) is 17.9. The molecule has 0 spiro atoms. The molecule has 1 unspecified atom stereocenters. The fourth-order valence-corrected chi connectivity index (χ4v) is 6.21. The van der Waals surface area contributed by atoms with Crippen LogP contribution < -0.4 is 5.32 Å². The topological polar surface area (TPSA) is 93.2 Å². The third-order valence-corrected chi connectivity index (χ3v) is 8.77. The van der Waals surface area contributed by atoms with Gasteiger partial charge in [-0.1, -0.05) is 12.1 Å². The second-order valence-electron chi connectivity index (χ2n) is 8.01. The Morgan fingerprint density at radius 3 is 2.52 bits per heavy atom. The first-order chi connectivity index (χ1) is 13.8. The van der Waals surface area contributed by atoms with Crippen molar-refractivity contribution in [1.29, 1.82) is 0 Å². The van der Waals surface area contributed by atoms with Gasteiger partial charge in [0.05, 0.1) is 16.1 Å². The van der Waals surface area contributed by atoms with Crippen LogP contribution in [0.2, 0.25) is 0 Å². The molecule has 2 aromatic rings. The smallest absolute Gasteiger partial charge is 0.233 e. The number of Topliss-reactive ketones (excluding diaryl/α,β-unsaturated/α-hetero) is 1. The molecule has 1 heterocycles. The normalized spacial score (nSPS) is 20.6. The van der Waals surface area contributed by atoms with Crippen molar-refractivity contribution in [3.05, 3.63) is 40.9 Å². The van der Waals surface area contributed by atoms with Gasteiger partial charge >= 0.3 is 0 Å². The summed E-state index contributed by atoms with van der Waals surface area (Å²) in [7, 11) is -3.26. The minimum atomic E-state index is -3.26. The molecule has 6 nitrogen and oxygen atoms in total. The van der Waals surface area contributed by atoms with E-state index < -0.39 is 15.8 Å². The molecule has 2 aliphatic rings. The molecule has 2 aliphatic carbocycles. The van der Waals surface area contributed by atoms with Gasteiger partial charge in [-0.25, -0.2) is 13.4 Å². The van der Waals surface area contributed by atoms with Crippen LogP contribution in [0.15, 0.2) is 35.4 Å². The number of rotatable bonds is 7. The van der Waals surface area contributed by atoms with Gasteiger partial charge in [0.25, 0.3) is 0 Å². The van der Waals surface area contributed by atoms with Crippen molar-refractivity contribution in [3.63, 3.8) is 0 Å². The van der Waals surface area contributed by atoms with Gasteiger partial charge in [0.2, 0.25) is 5.91 Å². The number of carbonyl (C=O) groups excluding carboxylic acids is 2. The number of nitrogens with zero attached hydrogens (tertiary/aromatic N) is 1. The summed E-state index contributed by atoms with van der Waals surface area (Å²) in [6, 6.07) is 6.69. The Bertz CT molecular complexity index is 1020. The Morgan fingerprint density at radius 2 is 1.97 bits per heavy atom. The maximum atomic E-state index is 13.0. The van der Waals surface area contributed by atoms with Gasteiger partial charge in [0.1, 0.15) is 5.78 Å². The van der Waals surface area contributed by atoms with Crippen LogP contribution in [0.1, 0.15) is 54.9 Å². The first-order valence-corrected chi connectivity index (χ1v) is 12.3. The Hall–Kier alpha value is -2.06. The van der Waals surface area contributed by atoms with Crippen LogP contribution in [0.3, 0.4) is 0 Å². The van der Waals surface area contributed by atoms with E-state index in [0.29, 0.717) is 29.3 Å². The lowest BCUT2D eigenvalue weighted by Gasteiger charge is -2.20. The second-order valence-corrected chi connectivity index (χ2v) is 11.5. The van der Waals surface area contributed by atoms with Crippen LogP contribution in [0, 0.1) is 12.8 Å². The van der Waals surface area contributed by atoms with E-state index in [4.69, 9.17) is 0 Å². The average Bonchev–Trinajstić information content (AvgIpc) is 3.37. The Balaban J connectivity index is 1.56. The molecule has 0 radical (unpaired) electrons. The number of aromatic nitrogens is 1. The van der Waals surface area contributed by atoms with Gasteiger partial charge in [-0.15, -0.1) is 11.3 Å². The second kappa shape index (κ2) is 7.99. The highest BCUT2D eigenvalue weighted by Crippen LogP contribution is 2.36. The maximum absolute atomic E-state index is 13.0. The SMILES string of the molecule is Cc1cnc(NC(=O)[C@H](CC2CCC(=O)C2)c2ccc(S(=O)(=O)C3CC3)cc2)s1. The molecule has 8 heteroatoms. The zero-order valence-electron chi connectivity index (χ0n) is 16.3. The number of hydrogen-bond donors (Lipinski definition) is 1. The lowest BCUT2D eigenvalue weighted by atomic mass is 9.87. The summed E-state index contributed by atoms with van der Waals surface area (Å²) in [4.78, 5) is 30.3. The van der Waals surface area contributed by atoms with E-state index in [2.05, 4.69) is 10.3 Å². The summed E-state index contributed by atoms with van der Waals surface area (Å²) in [5.41, 5.74) is 0.768. The van der Waals surface area contributed by atoms with Gasteiger partial charge < -0.3 is 5.32 Å². The van der Waals surface area contributed by atoms with Gasteiger partial charge in [0, 0.05) is 23.9 Å². The summed E-state index contributed by atoms with van der Waals surface area (Å²) >= 11 is 1.41. The molecular weight excluding hydrogens is 408 g/mol. The lowest BCUT2D eigenvalue weighted by Crippen LogP contribution is -2.23. The molecule has 1 aromatic heterocycles. The Morgan fingerprint density at radius 1 is 1.24 bits per heavy atom. The monoisotopic (exact) mass is 432 g/mol. The van der Waals surface area contributed by atoms with Crippen molar-refractivity contribution < 1.29 is 18.0 Å². The van der Waals surface area contributed by atoms with Crippen LogP contribution >= 0.6 is 11.3 Å². The van der Waals surface area contributed by atoms with Crippen molar-refractivity contribution in [2.45, 2.75) is 61.5 Å². The van der Waals surface area contributed by atoms with Gasteiger partial charge in [-0.3, -0.25) is 9.59 Å². The highest BCUT2D eigenvalue weighted by molar-refractivity contribution is 7.92. The third kappa shape index (κ3) is 4.59. The molecule has 1 amide bonds. The molecule has 0 bridgehead atoms. The van der Waals surface area contributed by atoms with Crippen molar-refractivity contribution in [1.82, 2.24) is 4.98 Å². The number of amides is 1. The number of ketones is 1. The van der Waals surface area contributed by atoms with Crippen molar-refractivity contribution in [2.24, 2.45) is 5.92 Å². The molecule has 0 saturated heterocycles. The van der Waals surface area contributed by atoms with Crippen LogP contribution in [-0.2, 0) is 19.4 Å². The van der Waals surface area contributed by atoms with E-state index in [9.17, 15) is 18.0 Å². The summed E-state index contributed by atoms with van der Waals surface area (Å²) in [6.45, 7) is 1.92. The minimum Gasteiger partial charge on any atom is -0.301 e. The predicted molar refractivity (Wildman–Crippen MR) is 112 cm³/mol. The predicted octanol–water partition coefficient (Wildman–Crippen LogP) is 3.87. The van der Waals surface area contributed by atoms with Gasteiger partial charge in [-0.05, 0) is 56.2 Å². The average molecular weight is 433 g/mol. The third-order valence-electron chi connectivity index (χ3n) is 5.66. The largest absolute Gasteiger partial charge is 0.301 e. The number of benzene rings is 1. The van der Waals surface area contributed by atoms with Crippen LogP contribution in [0.4, 0.5) is 5.13 Å². The lowest BCUT2D eigenvalue weighted by molar-refractivity contribution is -0.119. The molecule has 2 saturated carbocycles. The fourth-order valence-electron chi connectivity index (χ4n) is 3.89. The number of sulfone groups is 1. The van der Waals surface area contributed by atoms with Crippen molar-refractivity contribution in [3.8, 4) is 0 Å². The van der Waals surface area contributed by atoms with E-state index in [1.165, 1.54) is 11.3 Å². The van der Waals surface area contributed by atoms with Crippen molar-refractivity contribution in [2.75, 3.05) is 5.32 Å². The highest BCUT2D eigenvalue weighted by Gasteiger charge is 2.37. The molecule has 4 rings (SSSR count). The van der Waals surface area contributed by atoms with Crippen LogP contribution in [0.25, 0.3) is 0 Å². The Kier molecular flexibility index (Phi) is 5.57. The van der Waals surface area contributed by atoms with Crippen molar-refractivity contribution >= 4 is 38.0 Å². The zero-order chi connectivity index (χ0) is 20.6. The summed E-state index contributed by atoms with van der Waals surface area (Å²) in [5.74, 6) is -0.203. The van der Waals surface area contributed by atoms with E-state index in [0.717, 1.165) is 29.7 Å². The van der Waals surface area contributed by atoms with E-state index in [1.54, 1.807) is 30.5 Å². The fraction of sp³-hybridized carbons (Fsp3) is 0.476. The quantitative estimate of drug-likeness (QED) is 0.717. The summed E-state index contributed by atoms with van der Waals surface area (Å²) in [5, 5.41) is 3.17. The number of nitrogens with one attached hydrogen (secondary N) is 1. The first-order valence-electron chi connectivity index (χ1n) is 9.92. The van der Waals surface area contributed by atoms with Gasteiger partial charge in [-0.2, -0.15) is 0 Å². The number of hydrogen-bond acceptors (Lipinski definition) is 6. The van der Waals surface area contributed by atoms with E-state index >= 15 is 0 Å². The molecular formula is C21H24N2O4S2. The molecule has 154 valence electrons. The van der Waals surface area contributed by atoms with Crippen LogP contribution in [-0.4, -0.2) is 30.3 Å². The highest BCUT2D eigenvalue weighted by atomic mass is 32.2. The molecule has 1 N–H and O–H groups in total. The number of carbonyl (C=O) groups is 2. The summed E-state index contributed by atoms with van der Waals surface area (Å²) in [6.07, 6.45) is 5.60. The van der Waals surface area contributed by atoms with E-state index in [1.807, 2.05) is 6.92 Å². The molecule has 2 atom stereocenters. The Labute approximate surface area is 174 Å². The number of thiazole rings is 1.